The van der Waals surface area contributed by atoms with Crippen LogP contribution in [0.2, 0.25) is 25.1 Å². The molecule has 0 saturated carbocycles. The lowest BCUT2D eigenvalue weighted by Gasteiger charge is -2.12. The Bertz CT molecular complexity index is 1530. The zero-order valence-corrected chi connectivity index (χ0v) is 23.4. The molecule has 0 aliphatic rings. The number of hydrogen-bond acceptors (Lipinski definition) is 7. The van der Waals surface area contributed by atoms with E-state index >= 15 is 0 Å². The molecular formula is C25H15Cl5N2O7. The summed E-state index contributed by atoms with van der Waals surface area (Å²) in [7, 11) is 1.53. The number of carbonyl (C=O) groups excluding carboxylic acids is 1. The van der Waals surface area contributed by atoms with Gasteiger partial charge in [-0.25, -0.2) is 0 Å². The summed E-state index contributed by atoms with van der Waals surface area (Å²) in [5.74, 6) is 0.607. The number of amides is 1. The summed E-state index contributed by atoms with van der Waals surface area (Å²) in [6, 6.07) is 13.3. The van der Waals surface area contributed by atoms with Crippen molar-refractivity contribution in [1.82, 2.24) is 0 Å². The van der Waals surface area contributed by atoms with Crippen LogP contribution in [0.25, 0.3) is 0 Å². The fourth-order valence-corrected chi connectivity index (χ4v) is 4.45. The van der Waals surface area contributed by atoms with Gasteiger partial charge in [-0.05, 0) is 36.4 Å². The van der Waals surface area contributed by atoms with E-state index in [4.69, 9.17) is 76.6 Å². The molecule has 0 fully saturated rings. The van der Waals surface area contributed by atoms with E-state index in [0.29, 0.717) is 11.5 Å². The topological polar surface area (TPSA) is 113 Å². The molecule has 1 amide bonds. The number of methoxy groups -OCH3 is 1. The summed E-state index contributed by atoms with van der Waals surface area (Å²) >= 11 is 30.4. The van der Waals surface area contributed by atoms with Gasteiger partial charge in [0.1, 0.15) is 39.7 Å². The third-order valence-electron chi connectivity index (χ3n) is 5.07. The van der Waals surface area contributed by atoms with Crippen LogP contribution >= 0.6 is 58.0 Å². The second-order valence-electron chi connectivity index (χ2n) is 7.66. The minimum absolute atomic E-state index is 0.0129. The number of rotatable bonds is 9. The number of nitrogens with zero attached hydrogens (tertiary/aromatic N) is 1. The van der Waals surface area contributed by atoms with Crippen LogP contribution in [0.3, 0.4) is 0 Å². The van der Waals surface area contributed by atoms with E-state index in [-0.39, 0.29) is 66.1 Å². The first-order valence-corrected chi connectivity index (χ1v) is 12.6. The van der Waals surface area contributed by atoms with Crippen LogP contribution in [0.5, 0.6) is 23.0 Å². The Labute approximate surface area is 246 Å². The van der Waals surface area contributed by atoms with Crippen LogP contribution < -0.4 is 19.5 Å². The van der Waals surface area contributed by atoms with Crippen molar-refractivity contribution in [1.29, 1.82) is 0 Å². The molecule has 9 nitrogen and oxygen atoms in total. The average molecular weight is 633 g/mol. The van der Waals surface area contributed by atoms with Gasteiger partial charge in [-0.1, -0.05) is 58.0 Å². The molecule has 1 N–H and O–H groups in total. The van der Waals surface area contributed by atoms with Crippen molar-refractivity contribution in [3.05, 3.63) is 101 Å². The quantitative estimate of drug-likeness (QED) is 0.0847. The highest BCUT2D eigenvalue weighted by molar-refractivity contribution is 6.55. The highest BCUT2D eigenvalue weighted by Crippen LogP contribution is 2.48. The van der Waals surface area contributed by atoms with Gasteiger partial charge in [0.25, 0.3) is 11.6 Å². The Kier molecular flexibility index (Phi) is 8.99. The molecule has 0 radical (unpaired) electrons. The molecule has 0 spiro atoms. The van der Waals surface area contributed by atoms with Crippen molar-refractivity contribution < 1.29 is 28.3 Å². The lowest BCUT2D eigenvalue weighted by atomic mass is 10.2. The van der Waals surface area contributed by atoms with Gasteiger partial charge in [0.2, 0.25) is 0 Å². The van der Waals surface area contributed by atoms with E-state index in [0.717, 1.165) is 0 Å². The van der Waals surface area contributed by atoms with E-state index in [1.807, 2.05) is 0 Å². The first kappa shape index (κ1) is 28.7. The molecule has 0 saturated heterocycles. The number of nitrogens with one attached hydrogen (secondary N) is 1. The Morgan fingerprint density at radius 1 is 0.872 bits per heavy atom. The van der Waals surface area contributed by atoms with Gasteiger partial charge in [-0.15, -0.1) is 0 Å². The Morgan fingerprint density at radius 3 is 2.10 bits per heavy atom. The Hall–Kier alpha value is -3.34. The fraction of sp³-hybridized carbons (Fsp3) is 0.0800. The van der Waals surface area contributed by atoms with E-state index in [9.17, 15) is 14.9 Å². The van der Waals surface area contributed by atoms with Gasteiger partial charge >= 0.3 is 0 Å². The first-order chi connectivity index (χ1) is 18.6. The maximum atomic E-state index is 12.8. The van der Waals surface area contributed by atoms with Gasteiger partial charge in [-0.3, -0.25) is 14.9 Å². The predicted molar refractivity (Wildman–Crippen MR) is 149 cm³/mol. The van der Waals surface area contributed by atoms with Crippen molar-refractivity contribution in [2.75, 3.05) is 12.4 Å². The number of nitro benzene ring substituents is 1. The number of nitro groups is 1. The minimum Gasteiger partial charge on any atom is -0.497 e. The molecule has 202 valence electrons. The number of non-ortho nitro benzene ring substituents is 1. The summed E-state index contributed by atoms with van der Waals surface area (Å²) in [5.41, 5.74) is -0.185. The maximum Gasteiger partial charge on any atom is 0.291 e. The number of furan rings is 1. The maximum absolute atomic E-state index is 12.8. The van der Waals surface area contributed by atoms with Gasteiger partial charge in [0, 0.05) is 12.1 Å². The summed E-state index contributed by atoms with van der Waals surface area (Å²) in [6.45, 7) is -0.183. The van der Waals surface area contributed by atoms with Crippen LogP contribution in [0.1, 0.15) is 16.3 Å². The SMILES string of the molecule is COc1ccc(Oc2cc(NC(=O)c3ccc(COc4c(Cl)c(Cl)c(Cl)c(Cl)c4Cl)o3)cc([N+](=O)[O-])c2)cc1. The zero-order valence-electron chi connectivity index (χ0n) is 19.6. The zero-order chi connectivity index (χ0) is 28.3. The van der Waals surface area contributed by atoms with Crippen molar-refractivity contribution >= 4 is 75.3 Å². The molecule has 3 aromatic carbocycles. The van der Waals surface area contributed by atoms with Gasteiger partial charge in [0.05, 0.1) is 38.9 Å². The van der Waals surface area contributed by atoms with Crippen molar-refractivity contribution in [3.8, 4) is 23.0 Å². The van der Waals surface area contributed by atoms with E-state index in [1.165, 1.54) is 37.4 Å². The fourth-order valence-electron chi connectivity index (χ4n) is 3.22. The number of ether oxygens (including phenoxy) is 3. The normalized spacial score (nSPS) is 10.7. The molecule has 4 aromatic rings. The summed E-state index contributed by atoms with van der Waals surface area (Å²) in [4.78, 5) is 23.6. The van der Waals surface area contributed by atoms with Crippen molar-refractivity contribution in [3.63, 3.8) is 0 Å². The molecule has 0 aliphatic heterocycles. The van der Waals surface area contributed by atoms with E-state index < -0.39 is 10.8 Å². The molecule has 14 heteroatoms. The van der Waals surface area contributed by atoms with Crippen LogP contribution in [0.15, 0.2) is 59.0 Å². The minimum atomic E-state index is -0.675. The van der Waals surface area contributed by atoms with Crippen LogP contribution in [0.4, 0.5) is 11.4 Å². The Balaban J connectivity index is 1.48. The average Bonchev–Trinajstić information content (AvgIpc) is 3.40. The molecule has 1 heterocycles. The molecule has 39 heavy (non-hydrogen) atoms. The molecule has 0 unspecified atom stereocenters. The van der Waals surface area contributed by atoms with Crippen molar-refractivity contribution in [2.24, 2.45) is 0 Å². The lowest BCUT2D eigenvalue weighted by Crippen LogP contribution is -2.11. The molecule has 1 aromatic heterocycles. The molecule has 4 rings (SSSR count). The second kappa shape index (κ2) is 12.2. The lowest BCUT2D eigenvalue weighted by molar-refractivity contribution is -0.384. The highest BCUT2D eigenvalue weighted by atomic mass is 35.5. The monoisotopic (exact) mass is 630 g/mol. The molecule has 0 atom stereocenters. The first-order valence-electron chi connectivity index (χ1n) is 10.7. The number of hydrogen-bond donors (Lipinski definition) is 1. The van der Waals surface area contributed by atoms with Crippen LogP contribution in [-0.2, 0) is 6.61 Å². The van der Waals surface area contributed by atoms with Crippen molar-refractivity contribution in [2.45, 2.75) is 6.61 Å². The largest absolute Gasteiger partial charge is 0.497 e. The number of carbonyl (C=O) groups is 1. The van der Waals surface area contributed by atoms with Gasteiger partial charge in [-0.2, -0.15) is 0 Å². The summed E-state index contributed by atoms with van der Waals surface area (Å²) < 4.78 is 22.0. The molecular weight excluding hydrogens is 618 g/mol. The molecule has 0 aliphatic carbocycles. The second-order valence-corrected chi connectivity index (χ2v) is 9.55. The standard InChI is InChI=1S/C25H15Cl5N2O7/c1-36-14-2-4-15(5-3-14)38-17-9-12(8-13(10-17)32(34)35)31-25(33)18-7-6-16(39-18)11-37-24-22(29)20(27)19(26)21(28)23(24)30/h2-10H,11H2,1H3,(H,31,33). The van der Waals surface area contributed by atoms with Crippen LogP contribution in [0, 0.1) is 10.1 Å². The third kappa shape index (κ3) is 6.63. The van der Waals surface area contributed by atoms with Gasteiger partial charge in [0.15, 0.2) is 11.5 Å². The van der Waals surface area contributed by atoms with E-state index in [1.54, 1.807) is 24.3 Å². The summed E-state index contributed by atoms with van der Waals surface area (Å²) in [6.07, 6.45) is 0. The smallest absolute Gasteiger partial charge is 0.291 e. The summed E-state index contributed by atoms with van der Waals surface area (Å²) in [5, 5.41) is 13.8. The van der Waals surface area contributed by atoms with E-state index in [2.05, 4.69) is 5.32 Å². The number of anilines is 1. The number of benzene rings is 3. The Morgan fingerprint density at radius 2 is 1.49 bits per heavy atom. The predicted octanol–water partition coefficient (Wildman–Crippen LogP) is 9.09. The molecule has 0 bridgehead atoms. The van der Waals surface area contributed by atoms with Gasteiger partial charge < -0.3 is 23.9 Å². The third-order valence-corrected chi connectivity index (χ3v) is 7.31. The van der Waals surface area contributed by atoms with Crippen LogP contribution in [-0.4, -0.2) is 17.9 Å². The highest BCUT2D eigenvalue weighted by Gasteiger charge is 2.22. The number of halogens is 5.